The van der Waals surface area contributed by atoms with Gasteiger partial charge in [0, 0.05) is 17.9 Å². The molecular formula is C27H39NOS. The highest BCUT2D eigenvalue weighted by Gasteiger charge is 2.77. The highest BCUT2D eigenvalue weighted by atomic mass is 32.1. The van der Waals surface area contributed by atoms with E-state index in [1.54, 1.807) is 11.3 Å². The van der Waals surface area contributed by atoms with Crippen molar-refractivity contribution in [1.82, 2.24) is 4.98 Å². The molecule has 5 aliphatic carbocycles. The molecule has 164 valence electrons. The normalized spacial score (nSPS) is 52.5. The first-order valence-electron chi connectivity index (χ1n) is 12.5. The lowest BCUT2D eigenvalue weighted by atomic mass is 9.45. The highest BCUT2D eigenvalue weighted by molar-refractivity contribution is 7.07. The van der Waals surface area contributed by atoms with Crippen molar-refractivity contribution in [2.45, 2.75) is 78.2 Å². The Bertz CT molecular complexity index is 834. The van der Waals surface area contributed by atoms with Crippen molar-refractivity contribution in [3.63, 3.8) is 0 Å². The van der Waals surface area contributed by atoms with Crippen LogP contribution < -0.4 is 0 Å². The van der Waals surface area contributed by atoms with Gasteiger partial charge in [-0.1, -0.05) is 26.8 Å². The minimum absolute atomic E-state index is 0.508. The number of nitrogens with zero attached hydrogens (tertiary/aromatic N) is 1. The van der Waals surface area contributed by atoms with Crippen LogP contribution in [0.25, 0.3) is 6.08 Å². The molecular weight excluding hydrogens is 386 g/mol. The quantitative estimate of drug-likeness (QED) is 0.514. The molecule has 0 aromatic carbocycles. The lowest BCUT2D eigenvalue weighted by Gasteiger charge is -2.61. The van der Waals surface area contributed by atoms with Crippen LogP contribution in [-0.2, 0) is 4.74 Å². The molecule has 5 aliphatic rings. The molecule has 5 fully saturated rings. The second-order valence-corrected chi connectivity index (χ2v) is 12.8. The number of fused-ring (bicyclic) bond motifs is 4. The van der Waals surface area contributed by atoms with E-state index in [-0.39, 0.29) is 0 Å². The van der Waals surface area contributed by atoms with Crippen LogP contribution in [0.15, 0.2) is 17.0 Å². The van der Waals surface area contributed by atoms with Crippen molar-refractivity contribution in [3.8, 4) is 0 Å². The molecule has 1 heterocycles. The lowest BCUT2D eigenvalue weighted by Crippen LogP contribution is -2.57. The van der Waals surface area contributed by atoms with Gasteiger partial charge >= 0.3 is 0 Å². The Morgan fingerprint density at radius 3 is 2.77 bits per heavy atom. The summed E-state index contributed by atoms with van der Waals surface area (Å²) in [5.74, 6) is 5.19. The Labute approximate surface area is 186 Å². The van der Waals surface area contributed by atoms with Crippen LogP contribution in [0.5, 0.6) is 0 Å². The fourth-order valence-corrected chi connectivity index (χ4v) is 10.7. The zero-order valence-corrected chi connectivity index (χ0v) is 20.1. The molecule has 0 N–H and O–H groups in total. The van der Waals surface area contributed by atoms with Gasteiger partial charge in [0.05, 0.1) is 17.3 Å². The first-order chi connectivity index (χ1) is 14.4. The Hall–Kier alpha value is -0.670. The van der Waals surface area contributed by atoms with Crippen molar-refractivity contribution < 1.29 is 4.74 Å². The number of hydrogen-bond acceptors (Lipinski definition) is 3. The second kappa shape index (κ2) is 6.67. The maximum absolute atomic E-state index is 6.28. The fourth-order valence-electron chi connectivity index (χ4n) is 10.2. The topological polar surface area (TPSA) is 22.1 Å². The summed E-state index contributed by atoms with van der Waals surface area (Å²) in [5, 5.41) is 2.16. The van der Waals surface area contributed by atoms with Gasteiger partial charge in [-0.05, 0) is 104 Å². The molecule has 2 unspecified atom stereocenters. The number of methoxy groups -OCH3 is 1. The molecule has 0 saturated heterocycles. The van der Waals surface area contributed by atoms with Gasteiger partial charge in [0.2, 0.25) is 0 Å². The van der Waals surface area contributed by atoms with Gasteiger partial charge in [-0.3, -0.25) is 0 Å². The summed E-state index contributed by atoms with van der Waals surface area (Å²) in [4.78, 5) is 4.45. The van der Waals surface area contributed by atoms with Gasteiger partial charge in [0.1, 0.15) is 0 Å². The van der Waals surface area contributed by atoms with Crippen molar-refractivity contribution in [1.29, 1.82) is 0 Å². The van der Waals surface area contributed by atoms with Crippen molar-refractivity contribution in [2.75, 3.05) is 7.11 Å². The van der Waals surface area contributed by atoms with Gasteiger partial charge in [-0.2, -0.15) is 0 Å². The zero-order valence-electron chi connectivity index (χ0n) is 19.3. The number of allylic oxidation sites excluding steroid dienone is 1. The van der Waals surface area contributed by atoms with E-state index in [2.05, 4.69) is 43.3 Å². The third kappa shape index (κ3) is 2.43. The molecule has 0 aliphatic heterocycles. The van der Waals surface area contributed by atoms with E-state index >= 15 is 0 Å². The largest absolute Gasteiger partial charge is 0.381 e. The number of aromatic nitrogens is 1. The lowest BCUT2D eigenvalue weighted by molar-refractivity contribution is -0.160. The number of hydrogen-bond donors (Lipinski definition) is 0. The molecule has 3 heteroatoms. The molecule has 2 nitrogen and oxygen atoms in total. The van der Waals surface area contributed by atoms with E-state index < -0.39 is 0 Å². The molecule has 0 bridgehead atoms. The minimum atomic E-state index is 0.508. The molecule has 6 rings (SSSR count). The monoisotopic (exact) mass is 425 g/mol. The van der Waals surface area contributed by atoms with E-state index in [9.17, 15) is 0 Å². The summed E-state index contributed by atoms with van der Waals surface area (Å²) in [7, 11) is 2.01. The zero-order chi connectivity index (χ0) is 20.7. The third-order valence-electron chi connectivity index (χ3n) is 11.6. The van der Waals surface area contributed by atoms with E-state index in [0.29, 0.717) is 28.3 Å². The number of ether oxygens (including phenoxy) is 1. The van der Waals surface area contributed by atoms with Crippen LogP contribution in [0.4, 0.5) is 0 Å². The van der Waals surface area contributed by atoms with E-state index in [0.717, 1.165) is 35.3 Å². The summed E-state index contributed by atoms with van der Waals surface area (Å²) in [6, 6.07) is 0. The molecule has 1 aromatic heterocycles. The summed E-state index contributed by atoms with van der Waals surface area (Å²) in [6.45, 7) is 7.83. The van der Waals surface area contributed by atoms with Crippen molar-refractivity contribution >= 4 is 17.4 Å². The predicted molar refractivity (Wildman–Crippen MR) is 124 cm³/mol. The van der Waals surface area contributed by atoms with Gasteiger partial charge in [0.25, 0.3) is 0 Å². The molecule has 1 spiro atoms. The van der Waals surface area contributed by atoms with Gasteiger partial charge in [-0.15, -0.1) is 11.3 Å². The Balaban J connectivity index is 1.27. The number of rotatable bonds is 4. The second-order valence-electron chi connectivity index (χ2n) is 12.1. The van der Waals surface area contributed by atoms with E-state index in [1.165, 1.54) is 51.4 Å². The first-order valence-corrected chi connectivity index (χ1v) is 13.5. The average Bonchev–Trinajstić information content (AvgIpc) is 3.05. The summed E-state index contributed by atoms with van der Waals surface area (Å²) in [6.07, 6.45) is 16.8. The SMILES string of the molecule is COC1C[C@H]2[C@@H]3CC[C@H]([C@H](C)/C=C/c4cscn4)[C@@]3(C)CC[C@@H]2[C@@]2(C)CC[C@@H]3CC132. The first kappa shape index (κ1) is 20.0. The van der Waals surface area contributed by atoms with Gasteiger partial charge in [-0.25, -0.2) is 4.98 Å². The third-order valence-corrected chi connectivity index (χ3v) is 12.2. The van der Waals surface area contributed by atoms with Crippen molar-refractivity contribution in [2.24, 2.45) is 51.8 Å². The van der Waals surface area contributed by atoms with Gasteiger partial charge < -0.3 is 4.74 Å². The fraction of sp³-hybridized carbons (Fsp3) is 0.815. The van der Waals surface area contributed by atoms with Crippen LogP contribution in [0.2, 0.25) is 0 Å². The molecule has 30 heavy (non-hydrogen) atoms. The van der Waals surface area contributed by atoms with Crippen LogP contribution in [-0.4, -0.2) is 18.2 Å². The van der Waals surface area contributed by atoms with Crippen molar-refractivity contribution in [3.05, 3.63) is 22.7 Å². The van der Waals surface area contributed by atoms with Crippen LogP contribution in [0.1, 0.15) is 77.8 Å². The van der Waals surface area contributed by atoms with Crippen LogP contribution >= 0.6 is 11.3 Å². The number of thiazole rings is 1. The maximum Gasteiger partial charge on any atom is 0.0798 e. The molecule has 0 amide bonds. The molecule has 10 atom stereocenters. The van der Waals surface area contributed by atoms with Crippen LogP contribution in [0, 0.1) is 51.8 Å². The van der Waals surface area contributed by atoms with E-state index in [4.69, 9.17) is 4.74 Å². The van der Waals surface area contributed by atoms with Crippen LogP contribution in [0.3, 0.4) is 0 Å². The molecule has 0 radical (unpaired) electrons. The Morgan fingerprint density at radius 2 is 2.03 bits per heavy atom. The predicted octanol–water partition coefficient (Wildman–Crippen LogP) is 7.08. The highest BCUT2D eigenvalue weighted by Crippen LogP contribution is 2.82. The Kier molecular flexibility index (Phi) is 4.44. The smallest absolute Gasteiger partial charge is 0.0798 e. The Morgan fingerprint density at radius 1 is 1.17 bits per heavy atom. The summed E-state index contributed by atoms with van der Waals surface area (Å²) in [5.41, 5.74) is 4.68. The summed E-state index contributed by atoms with van der Waals surface area (Å²) < 4.78 is 6.28. The minimum Gasteiger partial charge on any atom is -0.381 e. The van der Waals surface area contributed by atoms with Gasteiger partial charge in [0.15, 0.2) is 0 Å². The standard InChI is InChI=1S/C27H39NOS/c1-17(5-6-19-15-30-16-28-19)21-7-8-22-20-13-24(29-4)27-14-18(27)9-12-26(27,3)23(20)10-11-25(21,22)2/h5-6,15-18,20-24H,7-14H2,1-4H3/b6-5+/t17-,18-,20+,21-,22+,23+,24?,25-,26-,27?/m1/s1. The maximum atomic E-state index is 6.28. The summed E-state index contributed by atoms with van der Waals surface area (Å²) >= 11 is 1.69. The van der Waals surface area contributed by atoms with E-state index in [1.807, 2.05) is 12.6 Å². The average molecular weight is 426 g/mol. The molecule has 5 saturated carbocycles. The molecule has 1 aromatic rings.